The standard InChI is InChI=1S/C12H12F2N2O2/c1-3-12(13,14)10-11(17)16-9-6-7(18-2)4-5-8(9)15-10/h3-6,10,15H,1H2,2H3,(H,16,17). The van der Waals surface area contributed by atoms with Gasteiger partial charge in [-0.1, -0.05) is 6.58 Å². The van der Waals surface area contributed by atoms with Gasteiger partial charge in [-0.25, -0.2) is 0 Å². The Labute approximate surface area is 103 Å². The molecule has 1 aromatic rings. The molecule has 0 saturated carbocycles. The second-order valence-electron chi connectivity index (χ2n) is 3.86. The third-order valence-electron chi connectivity index (χ3n) is 2.70. The first-order chi connectivity index (χ1) is 8.47. The average Bonchev–Trinajstić information content (AvgIpc) is 2.37. The van der Waals surface area contributed by atoms with Gasteiger partial charge in [0.2, 0.25) is 0 Å². The minimum absolute atomic E-state index is 0.412. The summed E-state index contributed by atoms with van der Waals surface area (Å²) in [6, 6.07) is 3.09. The van der Waals surface area contributed by atoms with Crippen LogP contribution in [0.15, 0.2) is 30.9 Å². The monoisotopic (exact) mass is 254 g/mol. The van der Waals surface area contributed by atoms with Gasteiger partial charge in [-0.2, -0.15) is 8.78 Å². The molecule has 0 fully saturated rings. The van der Waals surface area contributed by atoms with E-state index in [1.54, 1.807) is 18.2 Å². The maximum Gasteiger partial charge on any atom is 0.294 e. The quantitative estimate of drug-likeness (QED) is 0.813. The van der Waals surface area contributed by atoms with Crippen LogP contribution in [0.2, 0.25) is 0 Å². The zero-order valence-electron chi connectivity index (χ0n) is 9.67. The molecule has 4 nitrogen and oxygen atoms in total. The van der Waals surface area contributed by atoms with Gasteiger partial charge >= 0.3 is 0 Å². The molecule has 1 unspecified atom stereocenters. The van der Waals surface area contributed by atoms with Crippen LogP contribution < -0.4 is 15.4 Å². The number of halogens is 2. The van der Waals surface area contributed by atoms with Gasteiger partial charge in [0, 0.05) is 6.07 Å². The summed E-state index contributed by atoms with van der Waals surface area (Å²) in [7, 11) is 1.48. The molecule has 0 radical (unpaired) electrons. The zero-order chi connectivity index (χ0) is 13.3. The fraction of sp³-hybridized carbons (Fsp3) is 0.250. The lowest BCUT2D eigenvalue weighted by molar-refractivity contribution is -0.122. The Morgan fingerprint density at radius 1 is 1.44 bits per heavy atom. The summed E-state index contributed by atoms with van der Waals surface area (Å²) >= 11 is 0. The van der Waals surface area contributed by atoms with Crippen LogP contribution in [-0.2, 0) is 4.79 Å². The van der Waals surface area contributed by atoms with E-state index >= 15 is 0 Å². The number of rotatable bonds is 3. The highest BCUT2D eigenvalue weighted by Crippen LogP contribution is 2.34. The van der Waals surface area contributed by atoms with Crippen molar-refractivity contribution in [3.8, 4) is 5.75 Å². The Hall–Kier alpha value is -2.11. The van der Waals surface area contributed by atoms with Crippen molar-refractivity contribution in [1.82, 2.24) is 0 Å². The van der Waals surface area contributed by atoms with Crippen molar-refractivity contribution in [2.24, 2.45) is 0 Å². The molecule has 1 atom stereocenters. The van der Waals surface area contributed by atoms with Gasteiger partial charge in [-0.3, -0.25) is 4.79 Å². The number of anilines is 2. The fourth-order valence-electron chi connectivity index (χ4n) is 1.69. The highest BCUT2D eigenvalue weighted by molar-refractivity contribution is 6.04. The predicted octanol–water partition coefficient (Wildman–Crippen LogP) is 2.25. The smallest absolute Gasteiger partial charge is 0.294 e. The Morgan fingerprint density at radius 3 is 2.78 bits per heavy atom. The first-order valence-corrected chi connectivity index (χ1v) is 5.25. The second-order valence-corrected chi connectivity index (χ2v) is 3.86. The third kappa shape index (κ3) is 2.01. The number of carbonyl (C=O) groups excluding carboxylic acids is 1. The fourth-order valence-corrected chi connectivity index (χ4v) is 1.69. The van der Waals surface area contributed by atoms with Crippen molar-refractivity contribution in [3.05, 3.63) is 30.9 Å². The molecule has 1 heterocycles. The first-order valence-electron chi connectivity index (χ1n) is 5.25. The van der Waals surface area contributed by atoms with Gasteiger partial charge in [0.05, 0.1) is 18.5 Å². The molecule has 6 heteroatoms. The Balaban J connectivity index is 2.34. The van der Waals surface area contributed by atoms with Crippen LogP contribution in [0.3, 0.4) is 0 Å². The Morgan fingerprint density at radius 2 is 2.17 bits per heavy atom. The first kappa shape index (κ1) is 12.3. The van der Waals surface area contributed by atoms with Crippen molar-refractivity contribution in [3.63, 3.8) is 0 Å². The summed E-state index contributed by atoms with van der Waals surface area (Å²) < 4.78 is 31.9. The van der Waals surface area contributed by atoms with Gasteiger partial charge in [0.1, 0.15) is 5.75 Å². The number of hydrogen-bond donors (Lipinski definition) is 2. The van der Waals surface area contributed by atoms with Gasteiger partial charge in [-0.05, 0) is 18.2 Å². The number of alkyl halides is 2. The minimum atomic E-state index is -3.32. The highest BCUT2D eigenvalue weighted by Gasteiger charge is 2.44. The lowest BCUT2D eigenvalue weighted by atomic mass is 10.1. The molecule has 2 rings (SSSR count). The van der Waals surface area contributed by atoms with Crippen LogP contribution in [0.25, 0.3) is 0 Å². The number of nitrogens with one attached hydrogen (secondary N) is 2. The number of carbonyl (C=O) groups is 1. The minimum Gasteiger partial charge on any atom is -0.497 e. The molecular formula is C12H12F2N2O2. The normalized spacial score (nSPS) is 18.4. The van der Waals surface area contributed by atoms with Crippen LogP contribution in [0.5, 0.6) is 5.75 Å². The van der Waals surface area contributed by atoms with Crippen LogP contribution in [0.4, 0.5) is 20.2 Å². The maximum atomic E-state index is 13.5. The zero-order valence-corrected chi connectivity index (χ0v) is 9.67. The lowest BCUT2D eigenvalue weighted by Crippen LogP contribution is -2.49. The van der Waals surface area contributed by atoms with Crippen molar-refractivity contribution < 1.29 is 18.3 Å². The third-order valence-corrected chi connectivity index (χ3v) is 2.70. The van der Waals surface area contributed by atoms with Crippen LogP contribution >= 0.6 is 0 Å². The van der Waals surface area contributed by atoms with Crippen LogP contribution in [0.1, 0.15) is 0 Å². The van der Waals surface area contributed by atoms with E-state index in [-0.39, 0.29) is 0 Å². The van der Waals surface area contributed by atoms with E-state index < -0.39 is 17.9 Å². The van der Waals surface area contributed by atoms with Crippen molar-refractivity contribution in [2.45, 2.75) is 12.0 Å². The molecule has 1 amide bonds. The summed E-state index contributed by atoms with van der Waals surface area (Å²) in [4.78, 5) is 11.6. The van der Waals surface area contributed by atoms with Crippen LogP contribution in [0, 0.1) is 0 Å². The van der Waals surface area contributed by atoms with Crippen LogP contribution in [-0.4, -0.2) is 25.0 Å². The van der Waals surface area contributed by atoms with E-state index in [0.717, 1.165) is 0 Å². The Kier molecular flexibility index (Phi) is 2.94. The number of methoxy groups -OCH3 is 1. The molecule has 0 aliphatic carbocycles. The van der Waals surface area contributed by atoms with Crippen molar-refractivity contribution >= 4 is 17.3 Å². The molecule has 0 aromatic heterocycles. The molecule has 0 spiro atoms. The molecule has 1 aliphatic heterocycles. The van der Waals surface area contributed by atoms with E-state index in [2.05, 4.69) is 17.2 Å². The highest BCUT2D eigenvalue weighted by atomic mass is 19.3. The molecule has 96 valence electrons. The number of ether oxygens (including phenoxy) is 1. The molecule has 1 aromatic carbocycles. The second kappa shape index (κ2) is 4.29. The summed E-state index contributed by atoms with van der Waals surface area (Å²) in [6.45, 7) is 3.04. The summed E-state index contributed by atoms with van der Waals surface area (Å²) in [5.41, 5.74) is 0.831. The number of amides is 1. The maximum absolute atomic E-state index is 13.5. The van der Waals surface area contributed by atoms with Gasteiger partial charge in [0.25, 0.3) is 11.8 Å². The Bertz CT molecular complexity index is 503. The molecule has 0 saturated heterocycles. The topological polar surface area (TPSA) is 50.4 Å². The SMILES string of the molecule is C=CC(F)(F)C1Nc2ccc(OC)cc2NC1=O. The largest absolute Gasteiger partial charge is 0.497 e. The van der Waals surface area contributed by atoms with E-state index in [1.807, 2.05) is 0 Å². The van der Waals surface area contributed by atoms with E-state index in [4.69, 9.17) is 4.74 Å². The average molecular weight is 254 g/mol. The summed E-state index contributed by atoms with van der Waals surface area (Å²) in [5, 5.41) is 4.92. The summed E-state index contributed by atoms with van der Waals surface area (Å²) in [5.74, 6) is -3.59. The number of hydrogen-bond acceptors (Lipinski definition) is 3. The molecule has 0 bridgehead atoms. The van der Waals surface area contributed by atoms with Gasteiger partial charge in [0.15, 0.2) is 6.04 Å². The molecule has 2 N–H and O–H groups in total. The molecule has 1 aliphatic rings. The van der Waals surface area contributed by atoms with Gasteiger partial charge < -0.3 is 15.4 Å². The van der Waals surface area contributed by atoms with Gasteiger partial charge in [-0.15, -0.1) is 0 Å². The lowest BCUT2D eigenvalue weighted by Gasteiger charge is -2.30. The van der Waals surface area contributed by atoms with E-state index in [9.17, 15) is 13.6 Å². The van der Waals surface area contributed by atoms with Crippen molar-refractivity contribution in [1.29, 1.82) is 0 Å². The number of fused-ring (bicyclic) bond motifs is 1. The van der Waals surface area contributed by atoms with E-state index in [1.165, 1.54) is 7.11 Å². The molecule has 18 heavy (non-hydrogen) atoms. The predicted molar refractivity (Wildman–Crippen MR) is 64.2 cm³/mol. The van der Waals surface area contributed by atoms with Crippen molar-refractivity contribution in [2.75, 3.05) is 17.7 Å². The molecular weight excluding hydrogens is 242 g/mol. The number of benzene rings is 1. The van der Waals surface area contributed by atoms with E-state index in [0.29, 0.717) is 23.2 Å². The summed E-state index contributed by atoms with van der Waals surface area (Å²) in [6.07, 6.45) is 0.457.